The summed E-state index contributed by atoms with van der Waals surface area (Å²) in [7, 11) is 0. The number of nitrogens with zero attached hydrogens (tertiary/aromatic N) is 1. The van der Waals surface area contributed by atoms with Crippen molar-refractivity contribution in [2.75, 3.05) is 6.61 Å². The average molecular weight is 179 g/mol. The molecule has 1 aliphatic rings. The molecule has 1 atom stereocenters. The Balaban J connectivity index is 2.89. The van der Waals surface area contributed by atoms with Gasteiger partial charge in [0.15, 0.2) is 0 Å². The van der Waals surface area contributed by atoms with Crippen LogP contribution in [0.4, 0.5) is 4.79 Å². The lowest BCUT2D eigenvalue weighted by molar-refractivity contribution is 0.146. The second kappa shape index (κ2) is 2.46. The molecule has 0 spiro atoms. The Morgan fingerprint density at radius 2 is 2.27 bits per heavy atom. The van der Waals surface area contributed by atoms with Gasteiger partial charge in [-0.2, -0.15) is 4.31 Å². The zero-order valence-corrected chi connectivity index (χ0v) is 7.05. The van der Waals surface area contributed by atoms with Crippen LogP contribution >= 0.6 is 0 Å². The maximum absolute atomic E-state index is 10.9. The highest BCUT2D eigenvalue weighted by atomic mass is 32.2. The smallest absolute Gasteiger partial charge is 0.421 e. The molecule has 1 rings (SSSR count). The van der Waals surface area contributed by atoms with Crippen LogP contribution in [0, 0.1) is 0 Å². The lowest BCUT2D eigenvalue weighted by Gasteiger charge is -2.22. The molecule has 0 aromatic heterocycles. The van der Waals surface area contributed by atoms with E-state index >= 15 is 0 Å². The Kier molecular flexibility index (Phi) is 1.89. The first-order valence-electron chi connectivity index (χ1n) is 3.03. The summed E-state index contributed by atoms with van der Waals surface area (Å²) in [5, 5.41) is 8.57. The van der Waals surface area contributed by atoms with Crippen molar-refractivity contribution in [2.24, 2.45) is 0 Å². The van der Waals surface area contributed by atoms with Crippen molar-refractivity contribution in [3.63, 3.8) is 0 Å². The third kappa shape index (κ3) is 1.36. The van der Waals surface area contributed by atoms with Gasteiger partial charge in [-0.05, 0) is 13.8 Å². The van der Waals surface area contributed by atoms with Gasteiger partial charge in [0.1, 0.15) is 0 Å². The predicted molar refractivity (Wildman–Crippen MR) is 38.0 cm³/mol. The van der Waals surface area contributed by atoms with Crippen molar-refractivity contribution in [1.29, 1.82) is 0 Å². The first kappa shape index (κ1) is 8.48. The molecule has 1 fully saturated rings. The zero-order chi connectivity index (χ0) is 8.65. The molecule has 1 heterocycles. The summed E-state index contributed by atoms with van der Waals surface area (Å²) in [5.74, 6) is 0. The summed E-state index contributed by atoms with van der Waals surface area (Å²) in [5.41, 5.74) is -0.684. The summed E-state index contributed by atoms with van der Waals surface area (Å²) in [6, 6.07) is 0. The van der Waals surface area contributed by atoms with Gasteiger partial charge in [0, 0.05) is 0 Å². The van der Waals surface area contributed by atoms with Gasteiger partial charge in [-0.1, -0.05) is 0 Å². The molecule has 0 bridgehead atoms. The Morgan fingerprint density at radius 1 is 1.73 bits per heavy atom. The van der Waals surface area contributed by atoms with Gasteiger partial charge >= 0.3 is 6.09 Å². The van der Waals surface area contributed by atoms with Crippen LogP contribution in [0.2, 0.25) is 0 Å². The SMILES string of the molecule is CC1(C)COS(=O)N1C(=O)O. The van der Waals surface area contributed by atoms with E-state index in [1.807, 2.05) is 0 Å². The minimum atomic E-state index is -1.83. The Hall–Kier alpha value is -0.620. The summed E-state index contributed by atoms with van der Waals surface area (Å²) in [6.07, 6.45) is -1.22. The summed E-state index contributed by atoms with van der Waals surface area (Å²) in [4.78, 5) is 10.5. The highest BCUT2D eigenvalue weighted by Gasteiger charge is 2.43. The minimum Gasteiger partial charge on any atom is -0.464 e. The molecule has 1 amide bonds. The van der Waals surface area contributed by atoms with Crippen molar-refractivity contribution in [3.05, 3.63) is 0 Å². The van der Waals surface area contributed by atoms with E-state index in [4.69, 9.17) is 5.11 Å². The van der Waals surface area contributed by atoms with E-state index < -0.39 is 22.9 Å². The quantitative estimate of drug-likeness (QED) is 0.582. The molecule has 0 radical (unpaired) electrons. The molecule has 1 unspecified atom stereocenters. The minimum absolute atomic E-state index is 0.173. The van der Waals surface area contributed by atoms with Gasteiger partial charge in [-0.3, -0.25) is 4.18 Å². The van der Waals surface area contributed by atoms with Gasteiger partial charge in [-0.15, -0.1) is 0 Å². The van der Waals surface area contributed by atoms with Crippen LogP contribution in [-0.2, 0) is 15.4 Å². The Labute approximate surface area is 66.7 Å². The lowest BCUT2D eigenvalue weighted by atomic mass is 10.1. The van der Waals surface area contributed by atoms with Crippen molar-refractivity contribution in [3.8, 4) is 0 Å². The maximum atomic E-state index is 10.9. The van der Waals surface area contributed by atoms with Crippen LogP contribution in [0.1, 0.15) is 13.8 Å². The lowest BCUT2D eigenvalue weighted by Crippen LogP contribution is -2.43. The van der Waals surface area contributed by atoms with Crippen LogP contribution in [0.5, 0.6) is 0 Å². The number of hydrogen-bond acceptors (Lipinski definition) is 3. The average Bonchev–Trinajstić information content (AvgIpc) is 2.06. The van der Waals surface area contributed by atoms with Crippen molar-refractivity contribution in [2.45, 2.75) is 19.4 Å². The normalized spacial score (nSPS) is 28.9. The Morgan fingerprint density at radius 3 is 2.45 bits per heavy atom. The molecule has 1 saturated heterocycles. The van der Waals surface area contributed by atoms with Crippen molar-refractivity contribution < 1.29 is 18.3 Å². The van der Waals surface area contributed by atoms with Crippen molar-refractivity contribution >= 4 is 17.4 Å². The topological polar surface area (TPSA) is 66.8 Å². The monoisotopic (exact) mass is 179 g/mol. The van der Waals surface area contributed by atoms with E-state index in [1.165, 1.54) is 0 Å². The molecule has 0 aromatic carbocycles. The van der Waals surface area contributed by atoms with Crippen LogP contribution in [0.3, 0.4) is 0 Å². The second-order valence-electron chi connectivity index (χ2n) is 2.87. The summed E-state index contributed by atoms with van der Waals surface area (Å²) in [6.45, 7) is 3.49. The Bertz CT molecular complexity index is 215. The molecule has 0 aromatic rings. The second-order valence-corrected chi connectivity index (χ2v) is 3.90. The van der Waals surface area contributed by atoms with E-state index in [0.29, 0.717) is 0 Å². The zero-order valence-electron chi connectivity index (χ0n) is 6.23. The van der Waals surface area contributed by atoms with Crippen LogP contribution in [0.15, 0.2) is 0 Å². The number of rotatable bonds is 0. The predicted octanol–water partition coefficient (Wildman–Crippen LogP) is 0.354. The number of hydrogen-bond donors (Lipinski definition) is 1. The molecular weight excluding hydrogens is 170 g/mol. The third-order valence-corrected chi connectivity index (χ3v) is 2.65. The number of amides is 1. The number of carbonyl (C=O) groups is 1. The molecular formula is C5H9NO4S. The van der Waals surface area contributed by atoms with Crippen LogP contribution < -0.4 is 0 Å². The molecule has 0 saturated carbocycles. The van der Waals surface area contributed by atoms with E-state index in [-0.39, 0.29) is 6.61 Å². The fraction of sp³-hybridized carbons (Fsp3) is 0.800. The van der Waals surface area contributed by atoms with Gasteiger partial charge in [0.2, 0.25) is 0 Å². The highest BCUT2D eigenvalue weighted by Crippen LogP contribution is 2.24. The van der Waals surface area contributed by atoms with Gasteiger partial charge in [-0.25, -0.2) is 9.00 Å². The first-order valence-corrected chi connectivity index (χ1v) is 4.06. The first-order chi connectivity index (χ1) is 4.95. The van der Waals surface area contributed by atoms with Crippen molar-refractivity contribution in [1.82, 2.24) is 4.31 Å². The fourth-order valence-corrected chi connectivity index (χ4v) is 1.91. The molecule has 0 aliphatic carbocycles. The largest absolute Gasteiger partial charge is 0.464 e. The van der Waals surface area contributed by atoms with Crippen LogP contribution in [0.25, 0.3) is 0 Å². The molecule has 11 heavy (non-hydrogen) atoms. The standard InChI is InChI=1S/C5H9NO4S/c1-5(2)3-10-11(9)6(5)4(7)8/h3H2,1-2H3,(H,7,8). The molecule has 5 nitrogen and oxygen atoms in total. The molecule has 1 aliphatic heterocycles. The van der Waals surface area contributed by atoms with Gasteiger partial charge < -0.3 is 5.11 Å². The number of carboxylic acid groups (broad SMARTS) is 1. The van der Waals surface area contributed by atoms with E-state index in [1.54, 1.807) is 13.8 Å². The molecule has 6 heteroatoms. The van der Waals surface area contributed by atoms with E-state index in [0.717, 1.165) is 4.31 Å². The maximum Gasteiger partial charge on any atom is 0.421 e. The third-order valence-electron chi connectivity index (χ3n) is 1.39. The highest BCUT2D eigenvalue weighted by molar-refractivity contribution is 7.78. The van der Waals surface area contributed by atoms with Crippen LogP contribution in [-0.4, -0.2) is 31.9 Å². The summed E-state index contributed by atoms with van der Waals surface area (Å²) < 4.78 is 16.3. The van der Waals surface area contributed by atoms with E-state index in [9.17, 15) is 9.00 Å². The van der Waals surface area contributed by atoms with Gasteiger partial charge in [0.25, 0.3) is 11.3 Å². The van der Waals surface area contributed by atoms with Gasteiger partial charge in [0.05, 0.1) is 12.1 Å². The van der Waals surface area contributed by atoms with E-state index in [2.05, 4.69) is 4.18 Å². The summed E-state index contributed by atoms with van der Waals surface area (Å²) >= 11 is -1.83. The molecule has 64 valence electrons. The fourth-order valence-electron chi connectivity index (χ4n) is 0.830. The molecule has 1 N–H and O–H groups in total.